The summed E-state index contributed by atoms with van der Waals surface area (Å²) in [5, 5.41) is 9.23. The number of rotatable bonds is 3. The third kappa shape index (κ3) is 3.78. The van der Waals surface area contributed by atoms with Crippen molar-refractivity contribution in [2.24, 2.45) is 5.92 Å². The molecule has 2 aliphatic rings. The highest BCUT2D eigenvalue weighted by Crippen LogP contribution is 2.36. The van der Waals surface area contributed by atoms with Crippen LogP contribution in [-0.2, 0) is 14.8 Å². The average molecular weight is 428 g/mol. The highest BCUT2D eigenvalue weighted by atomic mass is 32.2. The van der Waals surface area contributed by atoms with E-state index in [0.29, 0.717) is 19.4 Å². The predicted molar refractivity (Wildman–Crippen MR) is 112 cm³/mol. The van der Waals surface area contributed by atoms with Crippen LogP contribution >= 0.6 is 11.8 Å². The number of benzene rings is 2. The van der Waals surface area contributed by atoms with Crippen molar-refractivity contribution in [3.05, 3.63) is 54.1 Å². The van der Waals surface area contributed by atoms with E-state index >= 15 is 0 Å². The second kappa shape index (κ2) is 8.19. The van der Waals surface area contributed by atoms with Crippen molar-refractivity contribution in [1.29, 1.82) is 5.26 Å². The maximum Gasteiger partial charge on any atom is 0.244 e. The Bertz CT molecular complexity index is 1070. The highest BCUT2D eigenvalue weighted by molar-refractivity contribution is 7.99. The van der Waals surface area contributed by atoms with Gasteiger partial charge in [-0.05, 0) is 37.1 Å². The molecule has 150 valence electrons. The van der Waals surface area contributed by atoms with E-state index in [-0.39, 0.29) is 35.4 Å². The molecule has 29 heavy (non-hydrogen) atoms. The number of carbonyl (C=O) groups is 1. The quantitative estimate of drug-likeness (QED) is 0.752. The van der Waals surface area contributed by atoms with Gasteiger partial charge in [-0.15, -0.1) is 11.8 Å². The summed E-state index contributed by atoms with van der Waals surface area (Å²) in [7, 11) is -3.74. The lowest BCUT2D eigenvalue weighted by molar-refractivity contribution is -0.123. The molecule has 2 heterocycles. The molecule has 0 atom stereocenters. The van der Waals surface area contributed by atoms with Gasteiger partial charge in [0.1, 0.15) is 6.07 Å². The first-order chi connectivity index (χ1) is 14.0. The van der Waals surface area contributed by atoms with Crippen molar-refractivity contribution in [2.45, 2.75) is 22.6 Å². The Labute approximate surface area is 175 Å². The average Bonchev–Trinajstić information content (AvgIpc) is 2.78. The number of nitrogens with zero attached hydrogens (tertiary/aromatic N) is 3. The van der Waals surface area contributed by atoms with Gasteiger partial charge in [-0.1, -0.05) is 24.3 Å². The fourth-order valence-corrected chi connectivity index (χ4v) is 6.49. The summed E-state index contributed by atoms with van der Waals surface area (Å²) < 4.78 is 27.4. The number of fused-ring (bicyclic) bond motifs is 1. The van der Waals surface area contributed by atoms with Gasteiger partial charge in [0.15, 0.2) is 0 Å². The van der Waals surface area contributed by atoms with Gasteiger partial charge in [0.2, 0.25) is 15.9 Å². The van der Waals surface area contributed by atoms with E-state index < -0.39 is 10.0 Å². The van der Waals surface area contributed by atoms with Crippen LogP contribution in [0.3, 0.4) is 0 Å². The summed E-state index contributed by atoms with van der Waals surface area (Å²) in [5.74, 6) is 0.747. The lowest BCUT2D eigenvalue weighted by atomic mass is 9.96. The summed E-state index contributed by atoms with van der Waals surface area (Å²) in [6, 6.07) is 16.1. The summed E-state index contributed by atoms with van der Waals surface area (Å²) in [6.07, 6.45) is 0.969. The predicted octanol–water partition coefficient (Wildman–Crippen LogP) is 3.10. The third-order valence-corrected chi connectivity index (χ3v) is 8.42. The Morgan fingerprint density at radius 1 is 1.03 bits per heavy atom. The Morgan fingerprint density at radius 3 is 2.48 bits per heavy atom. The molecule has 4 rings (SSSR count). The van der Waals surface area contributed by atoms with Gasteiger partial charge in [-0.3, -0.25) is 4.79 Å². The number of amides is 1. The zero-order valence-corrected chi connectivity index (χ0v) is 17.5. The van der Waals surface area contributed by atoms with E-state index in [1.165, 1.54) is 16.4 Å². The molecule has 0 spiro atoms. The second-order valence-electron chi connectivity index (χ2n) is 7.09. The molecule has 2 aliphatic heterocycles. The summed E-state index contributed by atoms with van der Waals surface area (Å²) in [4.78, 5) is 16.1. The van der Waals surface area contributed by atoms with Crippen LogP contribution in [0.2, 0.25) is 0 Å². The number of para-hydroxylation sites is 1. The molecule has 6 nitrogen and oxygen atoms in total. The monoisotopic (exact) mass is 427 g/mol. The van der Waals surface area contributed by atoms with Crippen molar-refractivity contribution < 1.29 is 13.2 Å². The largest absolute Gasteiger partial charge is 0.310 e. The Kier molecular flexibility index (Phi) is 5.63. The molecule has 0 N–H and O–H groups in total. The first kappa shape index (κ1) is 20.0. The van der Waals surface area contributed by atoms with E-state index in [0.717, 1.165) is 16.3 Å². The SMILES string of the molecule is N#Cc1ccccc1S(=O)(=O)N1CCC(C(=O)N2CCSc3ccccc32)CC1. The summed E-state index contributed by atoms with van der Waals surface area (Å²) >= 11 is 1.75. The fourth-order valence-electron chi connectivity index (χ4n) is 3.88. The molecule has 2 aromatic carbocycles. The maximum absolute atomic E-state index is 13.1. The Hall–Kier alpha value is -2.34. The van der Waals surface area contributed by atoms with Gasteiger partial charge in [0.05, 0.1) is 16.1 Å². The zero-order valence-electron chi connectivity index (χ0n) is 15.8. The zero-order chi connectivity index (χ0) is 20.4. The van der Waals surface area contributed by atoms with Gasteiger partial charge in [0, 0.05) is 36.2 Å². The van der Waals surface area contributed by atoms with Crippen LogP contribution in [0.25, 0.3) is 0 Å². The van der Waals surface area contributed by atoms with Crippen LogP contribution < -0.4 is 4.90 Å². The van der Waals surface area contributed by atoms with E-state index in [1.54, 1.807) is 23.9 Å². The molecular formula is C21H21N3O3S2. The van der Waals surface area contributed by atoms with Gasteiger partial charge < -0.3 is 4.90 Å². The smallest absolute Gasteiger partial charge is 0.244 e. The van der Waals surface area contributed by atoms with Crippen molar-refractivity contribution in [3.63, 3.8) is 0 Å². The Balaban J connectivity index is 1.48. The summed E-state index contributed by atoms with van der Waals surface area (Å²) in [5.41, 5.74) is 1.10. The number of anilines is 1. The van der Waals surface area contributed by atoms with E-state index in [1.807, 2.05) is 35.2 Å². The van der Waals surface area contributed by atoms with Gasteiger partial charge in [-0.2, -0.15) is 9.57 Å². The third-order valence-electron chi connectivity index (χ3n) is 5.42. The van der Waals surface area contributed by atoms with Crippen molar-refractivity contribution in [3.8, 4) is 6.07 Å². The van der Waals surface area contributed by atoms with Crippen molar-refractivity contribution in [2.75, 3.05) is 30.3 Å². The number of hydrogen-bond acceptors (Lipinski definition) is 5. The van der Waals surface area contributed by atoms with Gasteiger partial charge >= 0.3 is 0 Å². The molecule has 0 radical (unpaired) electrons. The van der Waals surface area contributed by atoms with E-state index in [4.69, 9.17) is 0 Å². The minimum atomic E-state index is -3.74. The number of piperidine rings is 1. The van der Waals surface area contributed by atoms with Crippen LogP contribution in [0.5, 0.6) is 0 Å². The number of nitriles is 1. The van der Waals surface area contributed by atoms with Crippen LogP contribution in [0, 0.1) is 17.2 Å². The fraction of sp³-hybridized carbons (Fsp3) is 0.333. The molecular weight excluding hydrogens is 406 g/mol. The molecule has 8 heteroatoms. The summed E-state index contributed by atoms with van der Waals surface area (Å²) in [6.45, 7) is 1.24. The molecule has 0 unspecified atom stereocenters. The standard InChI is InChI=1S/C21H21N3O3S2/c22-15-17-5-1-4-8-20(17)29(26,27)23-11-9-16(10-12-23)21(25)24-13-14-28-19-7-3-2-6-18(19)24/h1-8,16H,9-14H2. The topological polar surface area (TPSA) is 81.5 Å². The first-order valence-electron chi connectivity index (χ1n) is 9.55. The normalized spacial score (nSPS) is 18.1. The number of carbonyl (C=O) groups excluding carboxylic acids is 1. The van der Waals surface area contributed by atoms with Gasteiger partial charge in [-0.25, -0.2) is 8.42 Å². The molecule has 2 aromatic rings. The van der Waals surface area contributed by atoms with Crippen molar-refractivity contribution in [1.82, 2.24) is 4.31 Å². The van der Waals surface area contributed by atoms with Crippen molar-refractivity contribution >= 4 is 33.4 Å². The molecule has 0 aromatic heterocycles. The minimum absolute atomic E-state index is 0.0364. The highest BCUT2D eigenvalue weighted by Gasteiger charge is 2.36. The van der Waals surface area contributed by atoms with E-state index in [2.05, 4.69) is 0 Å². The minimum Gasteiger partial charge on any atom is -0.310 e. The molecule has 1 fully saturated rings. The number of sulfonamides is 1. The molecule has 1 amide bonds. The van der Waals surface area contributed by atoms with Crippen LogP contribution in [0.4, 0.5) is 5.69 Å². The first-order valence-corrected chi connectivity index (χ1v) is 12.0. The Morgan fingerprint density at radius 2 is 1.72 bits per heavy atom. The molecule has 0 bridgehead atoms. The van der Waals surface area contributed by atoms with E-state index in [9.17, 15) is 18.5 Å². The van der Waals surface area contributed by atoms with Gasteiger partial charge in [0.25, 0.3) is 0 Å². The van der Waals surface area contributed by atoms with Crippen LogP contribution in [0.1, 0.15) is 18.4 Å². The molecule has 1 saturated heterocycles. The number of hydrogen-bond donors (Lipinski definition) is 0. The number of thioether (sulfide) groups is 1. The second-order valence-corrected chi connectivity index (χ2v) is 10.1. The van der Waals surface area contributed by atoms with Crippen LogP contribution in [-0.4, -0.2) is 44.0 Å². The lowest BCUT2D eigenvalue weighted by Gasteiger charge is -2.35. The molecule has 0 aliphatic carbocycles. The lowest BCUT2D eigenvalue weighted by Crippen LogP contribution is -2.45. The maximum atomic E-state index is 13.1. The van der Waals surface area contributed by atoms with Crippen LogP contribution in [0.15, 0.2) is 58.3 Å². The molecule has 0 saturated carbocycles.